The number of nitro benzene ring substituents is 1. The lowest BCUT2D eigenvalue weighted by Gasteiger charge is -2.16. The molecule has 0 aliphatic carbocycles. The summed E-state index contributed by atoms with van der Waals surface area (Å²) in [6, 6.07) is 13.5. The van der Waals surface area contributed by atoms with Crippen molar-refractivity contribution in [1.29, 1.82) is 0 Å². The van der Waals surface area contributed by atoms with Crippen LogP contribution in [0.4, 0.5) is 5.69 Å². The molecule has 0 N–H and O–H groups in total. The Labute approximate surface area is 154 Å². The van der Waals surface area contributed by atoms with E-state index >= 15 is 0 Å². The van der Waals surface area contributed by atoms with E-state index in [0.717, 1.165) is 11.3 Å². The van der Waals surface area contributed by atoms with E-state index in [-0.39, 0.29) is 23.1 Å². The van der Waals surface area contributed by atoms with Gasteiger partial charge in [0.2, 0.25) is 0 Å². The molecule has 3 aromatic rings. The first-order valence-electron chi connectivity index (χ1n) is 7.95. The van der Waals surface area contributed by atoms with Gasteiger partial charge in [0, 0.05) is 41.8 Å². The quantitative estimate of drug-likeness (QED) is 0.321. The molecule has 0 bridgehead atoms. The minimum atomic E-state index is -0.430. The summed E-state index contributed by atoms with van der Waals surface area (Å²) in [5.74, 6) is 1.31. The molecule has 0 aliphatic rings. The minimum absolute atomic E-state index is 0.0138. The molecule has 0 amide bonds. The van der Waals surface area contributed by atoms with Crippen LogP contribution in [0.3, 0.4) is 0 Å². The number of aromatic nitrogens is 1. The van der Waals surface area contributed by atoms with Crippen LogP contribution >= 0.6 is 11.8 Å². The van der Waals surface area contributed by atoms with Crippen molar-refractivity contribution in [2.45, 2.75) is 17.4 Å². The molecule has 0 aliphatic heterocycles. The van der Waals surface area contributed by atoms with E-state index < -0.39 is 4.92 Å². The summed E-state index contributed by atoms with van der Waals surface area (Å²) in [4.78, 5) is 27.2. The minimum Gasteiger partial charge on any atom is -0.468 e. The summed E-state index contributed by atoms with van der Waals surface area (Å²) in [7, 11) is 0. The number of hydrogen-bond donors (Lipinski definition) is 0. The highest BCUT2D eigenvalue weighted by atomic mass is 32.2. The van der Waals surface area contributed by atoms with Crippen LogP contribution in [0.15, 0.2) is 71.6 Å². The van der Waals surface area contributed by atoms with Gasteiger partial charge in [-0.2, -0.15) is 0 Å². The van der Waals surface area contributed by atoms with Gasteiger partial charge in [0.15, 0.2) is 5.78 Å². The van der Waals surface area contributed by atoms with Gasteiger partial charge >= 0.3 is 0 Å². The Morgan fingerprint density at radius 2 is 2.12 bits per heavy atom. The van der Waals surface area contributed by atoms with E-state index in [9.17, 15) is 14.9 Å². The third kappa shape index (κ3) is 4.58. The number of carbonyl (C=O) groups excluding carboxylic acids is 1. The van der Waals surface area contributed by atoms with Crippen molar-refractivity contribution in [3.63, 3.8) is 0 Å². The van der Waals surface area contributed by atoms with Crippen LogP contribution in [0.1, 0.15) is 33.4 Å². The standard InChI is InChI=1S/C19H16N2O4S/c22-18(15-5-2-8-20-12-15)11-19(26-13-17-7-3-9-25-17)14-4-1-6-16(10-14)21(23)24/h1-10,12,19H,11,13H2/t19-/m1/s1. The zero-order valence-corrected chi connectivity index (χ0v) is 14.6. The fourth-order valence-electron chi connectivity index (χ4n) is 2.50. The number of Topliss-reactive ketones (excluding diaryl/α,β-unsaturated/α-hetero) is 1. The van der Waals surface area contributed by atoms with E-state index in [1.54, 1.807) is 36.7 Å². The third-order valence-corrected chi connectivity index (χ3v) is 5.11. The number of ketones is 1. The van der Waals surface area contributed by atoms with Gasteiger partial charge < -0.3 is 4.42 Å². The Balaban J connectivity index is 1.82. The van der Waals surface area contributed by atoms with Crippen molar-refractivity contribution in [3.8, 4) is 0 Å². The zero-order valence-electron chi connectivity index (χ0n) is 13.8. The number of thioether (sulfide) groups is 1. The summed E-state index contributed by atoms with van der Waals surface area (Å²) in [6.45, 7) is 0. The smallest absolute Gasteiger partial charge is 0.269 e. The number of carbonyl (C=O) groups is 1. The third-order valence-electron chi connectivity index (χ3n) is 3.81. The molecule has 1 aromatic carbocycles. The lowest BCUT2D eigenvalue weighted by Crippen LogP contribution is -2.06. The molecule has 0 unspecified atom stereocenters. The fourth-order valence-corrected chi connectivity index (χ4v) is 3.64. The lowest BCUT2D eigenvalue weighted by molar-refractivity contribution is -0.384. The van der Waals surface area contributed by atoms with Crippen LogP contribution in [0.25, 0.3) is 0 Å². The topological polar surface area (TPSA) is 86.2 Å². The molecule has 26 heavy (non-hydrogen) atoms. The van der Waals surface area contributed by atoms with Gasteiger partial charge in [-0.3, -0.25) is 19.9 Å². The molecular formula is C19H16N2O4S. The molecule has 0 fully saturated rings. The molecule has 6 nitrogen and oxygen atoms in total. The van der Waals surface area contributed by atoms with Crippen LogP contribution in [-0.4, -0.2) is 15.7 Å². The average Bonchev–Trinajstić information content (AvgIpc) is 3.19. The Hall–Kier alpha value is -2.93. The van der Waals surface area contributed by atoms with Gasteiger partial charge in [0.05, 0.1) is 16.9 Å². The molecule has 0 saturated carbocycles. The molecule has 2 heterocycles. The number of pyridine rings is 1. The second kappa shape index (κ2) is 8.44. The molecule has 7 heteroatoms. The molecule has 2 aromatic heterocycles. The monoisotopic (exact) mass is 368 g/mol. The van der Waals surface area contributed by atoms with Gasteiger partial charge in [-0.1, -0.05) is 12.1 Å². The Bertz CT molecular complexity index is 882. The first-order valence-corrected chi connectivity index (χ1v) is 9.00. The van der Waals surface area contributed by atoms with Gasteiger partial charge in [0.1, 0.15) is 5.76 Å². The average molecular weight is 368 g/mol. The number of furan rings is 1. The van der Waals surface area contributed by atoms with E-state index in [4.69, 9.17) is 4.42 Å². The molecule has 0 spiro atoms. The maximum Gasteiger partial charge on any atom is 0.269 e. The van der Waals surface area contributed by atoms with E-state index in [0.29, 0.717) is 11.3 Å². The van der Waals surface area contributed by atoms with Crippen molar-refractivity contribution < 1.29 is 14.1 Å². The predicted molar refractivity (Wildman–Crippen MR) is 99.0 cm³/mol. The van der Waals surface area contributed by atoms with Gasteiger partial charge in [-0.15, -0.1) is 11.8 Å². The van der Waals surface area contributed by atoms with Crippen molar-refractivity contribution in [3.05, 3.63) is 94.2 Å². The van der Waals surface area contributed by atoms with Gasteiger partial charge in [-0.05, 0) is 29.8 Å². The molecule has 132 valence electrons. The van der Waals surface area contributed by atoms with E-state index in [1.165, 1.54) is 30.1 Å². The van der Waals surface area contributed by atoms with Crippen molar-refractivity contribution in [2.75, 3.05) is 0 Å². The first kappa shape index (κ1) is 17.9. The van der Waals surface area contributed by atoms with Gasteiger partial charge in [0.25, 0.3) is 5.69 Å². The highest BCUT2D eigenvalue weighted by molar-refractivity contribution is 7.98. The predicted octanol–water partition coefficient (Wildman–Crippen LogP) is 4.83. The van der Waals surface area contributed by atoms with Crippen LogP contribution < -0.4 is 0 Å². The lowest BCUT2D eigenvalue weighted by atomic mass is 10.0. The summed E-state index contributed by atoms with van der Waals surface area (Å²) in [5, 5.41) is 10.8. The fraction of sp³-hybridized carbons (Fsp3) is 0.158. The Morgan fingerprint density at radius 1 is 1.23 bits per heavy atom. The second-order valence-electron chi connectivity index (χ2n) is 5.60. The molecule has 1 atom stereocenters. The number of hydrogen-bond acceptors (Lipinski definition) is 6. The maximum atomic E-state index is 12.6. The number of rotatable bonds is 8. The Kier molecular flexibility index (Phi) is 5.80. The van der Waals surface area contributed by atoms with Crippen molar-refractivity contribution in [1.82, 2.24) is 4.98 Å². The highest BCUT2D eigenvalue weighted by Gasteiger charge is 2.20. The van der Waals surface area contributed by atoms with Crippen LogP contribution in [0.2, 0.25) is 0 Å². The Morgan fingerprint density at radius 3 is 2.81 bits per heavy atom. The summed E-state index contributed by atoms with van der Waals surface area (Å²) in [5.41, 5.74) is 1.29. The van der Waals surface area contributed by atoms with Crippen molar-refractivity contribution in [2.24, 2.45) is 0 Å². The summed E-state index contributed by atoms with van der Waals surface area (Å²) < 4.78 is 5.35. The number of nitrogens with zero attached hydrogens (tertiary/aromatic N) is 2. The molecular weight excluding hydrogens is 352 g/mol. The van der Waals surface area contributed by atoms with Crippen molar-refractivity contribution >= 4 is 23.2 Å². The maximum absolute atomic E-state index is 12.6. The van der Waals surface area contributed by atoms with Gasteiger partial charge in [-0.25, -0.2) is 0 Å². The van der Waals surface area contributed by atoms with E-state index in [1.807, 2.05) is 12.1 Å². The second-order valence-corrected chi connectivity index (χ2v) is 6.79. The largest absolute Gasteiger partial charge is 0.468 e. The number of benzene rings is 1. The van der Waals surface area contributed by atoms with Crippen LogP contribution in [0, 0.1) is 10.1 Å². The number of nitro groups is 1. The molecule has 3 rings (SSSR count). The normalized spacial score (nSPS) is 11.8. The highest BCUT2D eigenvalue weighted by Crippen LogP contribution is 2.36. The van der Waals surface area contributed by atoms with E-state index in [2.05, 4.69) is 4.98 Å². The molecule has 0 radical (unpaired) electrons. The molecule has 0 saturated heterocycles. The SMILES string of the molecule is O=C(C[C@@H](SCc1ccco1)c1cccc([N+](=O)[O-])c1)c1cccnc1. The number of non-ortho nitro benzene ring substituents is 1. The van der Waals surface area contributed by atoms with Crippen LogP contribution in [-0.2, 0) is 5.75 Å². The zero-order chi connectivity index (χ0) is 18.4. The summed E-state index contributed by atoms with van der Waals surface area (Å²) in [6.07, 6.45) is 4.96. The first-order chi connectivity index (χ1) is 12.6. The summed E-state index contributed by atoms with van der Waals surface area (Å²) >= 11 is 1.52. The van der Waals surface area contributed by atoms with Crippen LogP contribution in [0.5, 0.6) is 0 Å².